The first-order chi connectivity index (χ1) is 20.5. The molecule has 2 aromatic carbocycles. The molecule has 3 aliphatic carbocycles. The summed E-state index contributed by atoms with van der Waals surface area (Å²) in [5.74, 6) is -4.14. The number of anilines is 1. The third-order valence-electron chi connectivity index (χ3n) is 9.77. The van der Waals surface area contributed by atoms with Crippen LogP contribution in [0, 0.1) is 10.8 Å². The van der Waals surface area contributed by atoms with E-state index in [0.717, 1.165) is 0 Å². The molecule has 0 bridgehead atoms. The fourth-order valence-corrected chi connectivity index (χ4v) is 8.05. The summed E-state index contributed by atoms with van der Waals surface area (Å²) >= 11 is 0. The predicted octanol–water partition coefficient (Wildman–Crippen LogP) is 2.21. The summed E-state index contributed by atoms with van der Waals surface area (Å²) < 4.78 is 10.9. The standard InChI is InChI=1S/C32H35N3O9/c1-30-11-16-17(34(3)4)10-15(14-7-8-18-19(9-14)44-13-43-18)23(36)20(16)24(37)22(30)28(40)32(42)27(39)21(29(33)41)25(38)26(35(5)6)31(32,2)12-30/h7-10,26,36-37,39,42H,11-13H2,1-6H3,(H2,33,41)/t26-,30+,31+,32-/m1/s1. The molecule has 232 valence electrons. The number of phenols is 1. The summed E-state index contributed by atoms with van der Waals surface area (Å²) in [6, 6.07) is 5.72. The molecule has 2 aromatic rings. The van der Waals surface area contributed by atoms with Gasteiger partial charge in [-0.3, -0.25) is 19.3 Å². The average Bonchev–Trinajstić information content (AvgIpc) is 3.38. The van der Waals surface area contributed by atoms with E-state index in [4.69, 9.17) is 15.2 Å². The molecule has 4 aliphatic rings. The molecular formula is C32H35N3O9. The highest BCUT2D eigenvalue weighted by atomic mass is 16.7. The van der Waals surface area contributed by atoms with Crippen molar-refractivity contribution in [2.24, 2.45) is 16.6 Å². The molecular weight excluding hydrogens is 570 g/mol. The Kier molecular flexibility index (Phi) is 6.19. The van der Waals surface area contributed by atoms with Crippen LogP contribution < -0.4 is 20.1 Å². The average molecular weight is 606 g/mol. The Bertz CT molecular complexity index is 1760. The lowest BCUT2D eigenvalue weighted by Crippen LogP contribution is -2.72. The molecule has 0 unspecified atom stereocenters. The van der Waals surface area contributed by atoms with Crippen molar-refractivity contribution in [3.8, 4) is 28.4 Å². The number of nitrogens with zero attached hydrogens (tertiary/aromatic N) is 2. The van der Waals surface area contributed by atoms with Gasteiger partial charge in [-0.1, -0.05) is 19.9 Å². The van der Waals surface area contributed by atoms with E-state index in [1.165, 1.54) is 11.8 Å². The number of carbonyl (C=O) groups is 3. The number of ether oxygens (including phenoxy) is 2. The largest absolute Gasteiger partial charge is 0.508 e. The maximum atomic E-state index is 14.5. The summed E-state index contributed by atoms with van der Waals surface area (Å²) in [7, 11) is 6.77. The van der Waals surface area contributed by atoms with Crippen LogP contribution >= 0.6 is 0 Å². The van der Waals surface area contributed by atoms with Gasteiger partial charge < -0.3 is 40.5 Å². The number of aromatic hydroxyl groups is 1. The molecule has 4 atom stereocenters. The van der Waals surface area contributed by atoms with Gasteiger partial charge in [0.15, 0.2) is 22.9 Å². The highest BCUT2D eigenvalue weighted by molar-refractivity contribution is 6.25. The number of phenolic OH excluding ortho intramolecular Hbond substituents is 1. The lowest BCUT2D eigenvalue weighted by molar-refractivity contribution is -0.175. The van der Waals surface area contributed by atoms with Crippen LogP contribution in [-0.2, 0) is 20.8 Å². The fraction of sp³-hybridized carbons (Fsp3) is 0.406. The Morgan fingerprint density at radius 3 is 2.30 bits per heavy atom. The first kappa shape index (κ1) is 29.5. The number of fused-ring (bicyclic) bond motifs is 4. The number of likely N-dealkylation sites (N-methyl/N-ethyl adjacent to an activating group) is 1. The van der Waals surface area contributed by atoms with E-state index < -0.39 is 57.0 Å². The molecule has 0 aromatic heterocycles. The van der Waals surface area contributed by atoms with Gasteiger partial charge in [-0.25, -0.2) is 0 Å². The van der Waals surface area contributed by atoms with Gasteiger partial charge in [0.1, 0.15) is 22.8 Å². The van der Waals surface area contributed by atoms with Gasteiger partial charge in [0.25, 0.3) is 5.91 Å². The number of rotatable bonds is 4. The first-order valence-corrected chi connectivity index (χ1v) is 14.1. The summed E-state index contributed by atoms with van der Waals surface area (Å²) in [6.45, 7) is 3.32. The monoisotopic (exact) mass is 605 g/mol. The van der Waals surface area contributed by atoms with Crippen LogP contribution in [0.1, 0.15) is 31.4 Å². The van der Waals surface area contributed by atoms with Crippen LogP contribution in [0.3, 0.4) is 0 Å². The van der Waals surface area contributed by atoms with Crippen molar-refractivity contribution >= 4 is 28.9 Å². The number of aliphatic hydroxyl groups is 3. The molecule has 1 amide bonds. The zero-order valence-corrected chi connectivity index (χ0v) is 25.3. The lowest BCUT2D eigenvalue weighted by Gasteiger charge is -2.59. The number of hydrogen-bond donors (Lipinski definition) is 5. The number of benzene rings is 2. The number of primary amides is 1. The molecule has 6 N–H and O–H groups in total. The molecule has 1 aliphatic heterocycles. The van der Waals surface area contributed by atoms with Crippen LogP contribution in [0.15, 0.2) is 41.2 Å². The lowest BCUT2D eigenvalue weighted by atomic mass is 9.46. The highest BCUT2D eigenvalue weighted by Crippen LogP contribution is 2.64. The van der Waals surface area contributed by atoms with Crippen molar-refractivity contribution in [3.05, 3.63) is 52.3 Å². The molecule has 0 radical (unpaired) electrons. The van der Waals surface area contributed by atoms with E-state index in [9.17, 15) is 34.8 Å². The quantitative estimate of drug-likeness (QED) is 0.322. The third-order valence-corrected chi connectivity index (χ3v) is 9.77. The maximum Gasteiger partial charge on any atom is 0.255 e. The number of ketones is 2. The first-order valence-electron chi connectivity index (χ1n) is 14.1. The molecule has 0 saturated heterocycles. The minimum absolute atomic E-state index is 0.00605. The molecule has 44 heavy (non-hydrogen) atoms. The summed E-state index contributed by atoms with van der Waals surface area (Å²) in [4.78, 5) is 43.8. The van der Waals surface area contributed by atoms with Gasteiger partial charge in [0.2, 0.25) is 12.6 Å². The zero-order valence-electron chi connectivity index (χ0n) is 25.3. The van der Waals surface area contributed by atoms with E-state index >= 15 is 0 Å². The summed E-state index contributed by atoms with van der Waals surface area (Å²) in [5, 5.41) is 47.1. The van der Waals surface area contributed by atoms with E-state index in [1.54, 1.807) is 45.3 Å². The van der Waals surface area contributed by atoms with Crippen molar-refractivity contribution in [3.63, 3.8) is 0 Å². The topological polar surface area (TPSA) is 183 Å². The molecule has 12 nitrogen and oxygen atoms in total. The number of hydrogen-bond acceptors (Lipinski definition) is 11. The summed E-state index contributed by atoms with van der Waals surface area (Å²) in [5.41, 5.74) is 0.937. The Hall–Kier alpha value is -4.55. The van der Waals surface area contributed by atoms with Gasteiger partial charge in [0, 0.05) is 41.7 Å². The zero-order chi connectivity index (χ0) is 32.3. The summed E-state index contributed by atoms with van der Waals surface area (Å²) in [6.07, 6.45) is 0.0897. The number of aliphatic hydroxyl groups excluding tert-OH is 2. The molecule has 0 spiro atoms. The second-order valence-corrected chi connectivity index (χ2v) is 13.0. The van der Waals surface area contributed by atoms with Gasteiger partial charge in [-0.2, -0.15) is 0 Å². The molecule has 6 rings (SSSR count). The van der Waals surface area contributed by atoms with Gasteiger partial charge >= 0.3 is 0 Å². The Balaban J connectivity index is 1.64. The Morgan fingerprint density at radius 2 is 1.68 bits per heavy atom. The predicted molar refractivity (Wildman–Crippen MR) is 159 cm³/mol. The van der Waals surface area contributed by atoms with Crippen molar-refractivity contribution in [1.82, 2.24) is 4.90 Å². The van der Waals surface area contributed by atoms with Gasteiger partial charge in [-0.05, 0) is 56.3 Å². The highest BCUT2D eigenvalue weighted by Gasteiger charge is 2.72. The van der Waals surface area contributed by atoms with Crippen molar-refractivity contribution in [1.29, 1.82) is 0 Å². The van der Waals surface area contributed by atoms with Crippen molar-refractivity contribution in [2.45, 2.75) is 38.3 Å². The van der Waals surface area contributed by atoms with E-state index in [0.29, 0.717) is 33.9 Å². The van der Waals surface area contributed by atoms with E-state index in [1.807, 2.05) is 19.0 Å². The smallest absolute Gasteiger partial charge is 0.255 e. The van der Waals surface area contributed by atoms with E-state index in [-0.39, 0.29) is 36.5 Å². The minimum Gasteiger partial charge on any atom is -0.508 e. The number of amides is 1. The number of carbonyl (C=O) groups excluding carboxylic acids is 3. The van der Waals surface area contributed by atoms with Crippen LogP contribution in [0.4, 0.5) is 5.69 Å². The fourth-order valence-electron chi connectivity index (χ4n) is 8.05. The van der Waals surface area contributed by atoms with Crippen LogP contribution in [0.2, 0.25) is 0 Å². The number of nitrogens with two attached hydrogens (primary N) is 1. The second-order valence-electron chi connectivity index (χ2n) is 13.0. The Morgan fingerprint density at radius 1 is 1.02 bits per heavy atom. The molecule has 1 heterocycles. The van der Waals surface area contributed by atoms with Crippen LogP contribution in [-0.4, -0.2) is 89.4 Å². The van der Waals surface area contributed by atoms with Crippen molar-refractivity contribution < 1.29 is 44.3 Å². The van der Waals surface area contributed by atoms with Gasteiger partial charge in [-0.15, -0.1) is 0 Å². The maximum absolute atomic E-state index is 14.5. The molecule has 1 fully saturated rings. The second kappa shape index (κ2) is 9.23. The molecule has 1 saturated carbocycles. The Labute approximate surface area is 253 Å². The third kappa shape index (κ3) is 3.55. The van der Waals surface area contributed by atoms with Gasteiger partial charge in [0.05, 0.1) is 11.6 Å². The SMILES string of the molecule is CN(C)c1cc(-c2ccc3c(c2)OCO3)c(O)c2c1C[C@@]1(C)C[C@@]3(C)[C@H](N(C)C)C(=O)C(C(N)=O)=C(O)[C@@]3(O)C(=O)C1=C2O. The normalized spacial score (nSPS) is 29.0. The number of Topliss-reactive ketones (excluding diaryl/α,β-unsaturated/α-hetero) is 2. The molecule has 12 heteroatoms. The van der Waals surface area contributed by atoms with Crippen molar-refractivity contribution in [2.75, 3.05) is 39.9 Å². The van der Waals surface area contributed by atoms with Crippen LogP contribution in [0.25, 0.3) is 16.9 Å². The van der Waals surface area contributed by atoms with E-state index in [2.05, 4.69) is 0 Å². The minimum atomic E-state index is -2.78. The van der Waals surface area contributed by atoms with Crippen LogP contribution in [0.5, 0.6) is 17.2 Å².